The van der Waals surface area contributed by atoms with Gasteiger partial charge in [-0.2, -0.15) is 0 Å². The lowest BCUT2D eigenvalue weighted by Crippen LogP contribution is -2.04. The van der Waals surface area contributed by atoms with Gasteiger partial charge in [0.15, 0.2) is 5.78 Å². The van der Waals surface area contributed by atoms with Crippen LogP contribution in [0.3, 0.4) is 0 Å². The summed E-state index contributed by atoms with van der Waals surface area (Å²) >= 11 is 0. The van der Waals surface area contributed by atoms with Crippen LogP contribution in [0.4, 0.5) is 0 Å². The third kappa shape index (κ3) is 3.42. The first-order valence-corrected chi connectivity index (χ1v) is 2.04. The van der Waals surface area contributed by atoms with Gasteiger partial charge in [0.1, 0.15) is 6.61 Å². The lowest BCUT2D eigenvalue weighted by molar-refractivity contribution is -0.122. The van der Waals surface area contributed by atoms with Gasteiger partial charge in [0.05, 0.1) is 6.61 Å². The third-order valence-corrected chi connectivity index (χ3v) is 0.567. The fourth-order valence-electron chi connectivity index (χ4n) is 0.204. The first kappa shape index (κ1) is 6.59. The summed E-state index contributed by atoms with van der Waals surface area (Å²) in [6.07, 6.45) is 0.0660. The van der Waals surface area contributed by atoms with Crippen LogP contribution in [0.15, 0.2) is 0 Å². The van der Waals surface area contributed by atoms with Gasteiger partial charge in [0, 0.05) is 6.42 Å². The Hall–Kier alpha value is -0.410. The number of ketones is 1. The second-order valence-electron chi connectivity index (χ2n) is 1.17. The number of aliphatic hydroxyl groups excluding tert-OH is 2. The molecule has 0 saturated carbocycles. The second-order valence-corrected chi connectivity index (χ2v) is 1.17. The predicted octanol–water partition coefficient (Wildman–Crippen LogP) is -1.07. The minimum Gasteiger partial charge on any atom is -0.396 e. The summed E-state index contributed by atoms with van der Waals surface area (Å²) in [6.45, 7) is -0.625. The van der Waals surface area contributed by atoms with E-state index in [1.54, 1.807) is 0 Å². The third-order valence-electron chi connectivity index (χ3n) is 0.567. The molecule has 0 rings (SSSR count). The largest absolute Gasteiger partial charge is 0.396 e. The highest BCUT2D eigenvalue weighted by Gasteiger charge is 1.93. The molecular weight excluding hydrogens is 96.0 g/mol. The molecule has 0 aromatic carbocycles. The Morgan fingerprint density at radius 1 is 1.43 bits per heavy atom. The van der Waals surface area contributed by atoms with Crippen LogP contribution in [0, 0.1) is 0 Å². The summed E-state index contributed by atoms with van der Waals surface area (Å²) in [6, 6.07) is 0. The van der Waals surface area contributed by atoms with Crippen LogP contribution in [0.2, 0.25) is 0 Å². The minimum atomic E-state index is -0.458. The molecule has 0 atom stereocenters. The summed E-state index contributed by atoms with van der Waals surface area (Å²) in [7, 11) is 0. The van der Waals surface area contributed by atoms with E-state index in [-0.39, 0.29) is 18.8 Å². The molecule has 0 amide bonds. The number of Topliss-reactive ketones (excluding diaryl/α,β-unsaturated/α-hetero) is 1. The number of rotatable bonds is 3. The highest BCUT2D eigenvalue weighted by molar-refractivity contribution is 5.79. The maximum Gasteiger partial charge on any atom is 0.160 e. The van der Waals surface area contributed by atoms with E-state index in [4.69, 9.17) is 10.2 Å². The van der Waals surface area contributed by atoms with Crippen LogP contribution in [-0.4, -0.2) is 29.2 Å². The Bertz CT molecular complexity index is 60.0. The van der Waals surface area contributed by atoms with Gasteiger partial charge in [-0.05, 0) is 0 Å². The SMILES string of the molecule is O=C(CO)CCO. The van der Waals surface area contributed by atoms with Crippen molar-refractivity contribution < 1.29 is 15.0 Å². The van der Waals surface area contributed by atoms with Crippen LogP contribution in [-0.2, 0) is 4.79 Å². The van der Waals surface area contributed by atoms with Crippen molar-refractivity contribution in [1.82, 2.24) is 0 Å². The van der Waals surface area contributed by atoms with Crippen molar-refractivity contribution in [3.63, 3.8) is 0 Å². The second kappa shape index (κ2) is 3.77. The van der Waals surface area contributed by atoms with Crippen molar-refractivity contribution in [2.24, 2.45) is 0 Å². The minimum absolute atomic E-state index is 0.0660. The van der Waals surface area contributed by atoms with E-state index < -0.39 is 6.61 Å². The molecular formula is C4H8O3. The monoisotopic (exact) mass is 104 g/mol. The lowest BCUT2D eigenvalue weighted by Gasteiger charge is -1.86. The normalized spacial score (nSPS) is 8.86. The Morgan fingerprint density at radius 3 is 2.14 bits per heavy atom. The van der Waals surface area contributed by atoms with Gasteiger partial charge in [-0.25, -0.2) is 0 Å². The van der Waals surface area contributed by atoms with Gasteiger partial charge < -0.3 is 10.2 Å². The zero-order chi connectivity index (χ0) is 5.70. The zero-order valence-electron chi connectivity index (χ0n) is 3.92. The maximum atomic E-state index is 10.0. The summed E-state index contributed by atoms with van der Waals surface area (Å²) in [5, 5.41) is 16.0. The van der Waals surface area contributed by atoms with Crippen molar-refractivity contribution >= 4 is 5.78 Å². The molecule has 0 aromatic heterocycles. The molecule has 0 fully saturated rings. The highest BCUT2D eigenvalue weighted by atomic mass is 16.3. The topological polar surface area (TPSA) is 57.5 Å². The molecule has 0 heterocycles. The van der Waals surface area contributed by atoms with Gasteiger partial charge in [0.25, 0.3) is 0 Å². The Balaban J connectivity index is 3.00. The van der Waals surface area contributed by atoms with E-state index >= 15 is 0 Å². The average Bonchev–Trinajstić information content (AvgIpc) is 1.68. The summed E-state index contributed by atoms with van der Waals surface area (Å²) in [4.78, 5) is 10.0. The van der Waals surface area contributed by atoms with Crippen LogP contribution in [0.5, 0.6) is 0 Å². The van der Waals surface area contributed by atoms with Crippen LogP contribution in [0.25, 0.3) is 0 Å². The highest BCUT2D eigenvalue weighted by Crippen LogP contribution is 1.75. The quantitative estimate of drug-likeness (QED) is 0.479. The van der Waals surface area contributed by atoms with Crippen molar-refractivity contribution in [3.8, 4) is 0 Å². The van der Waals surface area contributed by atoms with Gasteiger partial charge in [0.2, 0.25) is 0 Å². The number of carbonyl (C=O) groups is 1. The number of hydrogen-bond donors (Lipinski definition) is 2. The smallest absolute Gasteiger partial charge is 0.160 e. The molecule has 0 aliphatic heterocycles. The molecule has 0 spiro atoms. The lowest BCUT2D eigenvalue weighted by atomic mass is 10.3. The Kier molecular flexibility index (Phi) is 3.55. The molecule has 0 aliphatic carbocycles. The van der Waals surface area contributed by atoms with Gasteiger partial charge >= 0.3 is 0 Å². The molecule has 3 nitrogen and oxygen atoms in total. The molecule has 0 unspecified atom stereocenters. The molecule has 42 valence electrons. The Morgan fingerprint density at radius 2 is 2.00 bits per heavy atom. The first-order chi connectivity index (χ1) is 3.31. The van der Waals surface area contributed by atoms with Crippen LogP contribution < -0.4 is 0 Å². The molecule has 0 aliphatic rings. The number of carbonyl (C=O) groups excluding carboxylic acids is 1. The van der Waals surface area contributed by atoms with E-state index in [9.17, 15) is 4.79 Å². The average molecular weight is 104 g/mol. The van der Waals surface area contributed by atoms with E-state index in [0.29, 0.717) is 0 Å². The molecule has 3 heteroatoms. The fraction of sp³-hybridized carbons (Fsp3) is 0.750. The Labute approximate surface area is 41.6 Å². The molecule has 2 N–H and O–H groups in total. The molecule has 7 heavy (non-hydrogen) atoms. The maximum absolute atomic E-state index is 10.0. The van der Waals surface area contributed by atoms with Crippen molar-refractivity contribution in [1.29, 1.82) is 0 Å². The van der Waals surface area contributed by atoms with Gasteiger partial charge in [-0.3, -0.25) is 4.79 Å². The summed E-state index contributed by atoms with van der Waals surface area (Å²) in [5.74, 6) is -0.317. The van der Waals surface area contributed by atoms with Crippen molar-refractivity contribution in [2.45, 2.75) is 6.42 Å². The van der Waals surface area contributed by atoms with E-state index in [1.807, 2.05) is 0 Å². The number of aliphatic hydroxyl groups is 2. The zero-order valence-corrected chi connectivity index (χ0v) is 3.92. The van der Waals surface area contributed by atoms with Gasteiger partial charge in [-0.1, -0.05) is 0 Å². The fourth-order valence-corrected chi connectivity index (χ4v) is 0.204. The van der Waals surface area contributed by atoms with Crippen molar-refractivity contribution in [3.05, 3.63) is 0 Å². The number of hydrogen-bond acceptors (Lipinski definition) is 3. The van der Waals surface area contributed by atoms with E-state index in [1.165, 1.54) is 0 Å². The molecule has 0 bridgehead atoms. The van der Waals surface area contributed by atoms with E-state index in [0.717, 1.165) is 0 Å². The van der Waals surface area contributed by atoms with Crippen molar-refractivity contribution in [2.75, 3.05) is 13.2 Å². The summed E-state index contributed by atoms with van der Waals surface area (Å²) in [5.41, 5.74) is 0. The molecule has 0 saturated heterocycles. The predicted molar refractivity (Wildman–Crippen MR) is 23.8 cm³/mol. The van der Waals surface area contributed by atoms with Crippen LogP contribution >= 0.6 is 0 Å². The standard InChI is InChI=1S/C4H8O3/c5-2-1-4(7)3-6/h5-6H,1-3H2. The van der Waals surface area contributed by atoms with Gasteiger partial charge in [-0.15, -0.1) is 0 Å². The first-order valence-electron chi connectivity index (χ1n) is 2.04. The molecule has 0 radical (unpaired) electrons. The van der Waals surface area contributed by atoms with Crippen LogP contribution in [0.1, 0.15) is 6.42 Å². The van der Waals surface area contributed by atoms with E-state index in [2.05, 4.69) is 0 Å². The summed E-state index contributed by atoms with van der Waals surface area (Å²) < 4.78 is 0. The molecule has 0 aromatic rings.